The van der Waals surface area contributed by atoms with Crippen LogP contribution in [0.25, 0.3) is 0 Å². The van der Waals surface area contributed by atoms with Crippen LogP contribution >= 0.6 is 23.5 Å². The molecule has 248 valence electrons. The van der Waals surface area contributed by atoms with Crippen LogP contribution < -0.4 is 25.6 Å². The Labute approximate surface area is 281 Å². The molecule has 0 aliphatic heterocycles. The number of benzene rings is 2. The molecule has 10 nitrogen and oxygen atoms in total. The average Bonchev–Trinajstić information content (AvgIpc) is 3.72. The monoisotopic (exact) mass is 665 g/mol. The summed E-state index contributed by atoms with van der Waals surface area (Å²) in [7, 11) is 5.75. The fraction of sp³-hybridized carbons (Fsp3) is 0.471. The van der Waals surface area contributed by atoms with Gasteiger partial charge in [-0.2, -0.15) is 0 Å². The fourth-order valence-electron chi connectivity index (χ4n) is 5.06. The second-order valence-electron chi connectivity index (χ2n) is 12.5. The van der Waals surface area contributed by atoms with Crippen LogP contribution in [0.2, 0.25) is 0 Å². The highest BCUT2D eigenvalue weighted by Crippen LogP contribution is 2.28. The summed E-state index contributed by atoms with van der Waals surface area (Å²) in [6, 6.07) is 14.3. The van der Waals surface area contributed by atoms with Crippen LogP contribution in [-0.4, -0.2) is 73.3 Å². The topological polar surface area (TPSA) is 119 Å². The number of carbonyl (C=O) groups is 3. The number of amides is 3. The van der Waals surface area contributed by atoms with Crippen molar-refractivity contribution >= 4 is 46.9 Å². The first-order chi connectivity index (χ1) is 21.9. The lowest BCUT2D eigenvalue weighted by atomic mass is 9.93. The minimum Gasteiger partial charge on any atom is -0.354 e. The van der Waals surface area contributed by atoms with Crippen molar-refractivity contribution in [2.45, 2.75) is 64.1 Å². The van der Waals surface area contributed by atoms with Crippen molar-refractivity contribution in [3.8, 4) is 0 Å². The first-order valence-electron chi connectivity index (χ1n) is 15.8. The van der Waals surface area contributed by atoms with E-state index in [1.54, 1.807) is 23.7 Å². The third kappa shape index (κ3) is 10.5. The molecule has 1 fully saturated rings. The predicted molar refractivity (Wildman–Crippen MR) is 188 cm³/mol. The molecule has 1 aromatic heterocycles. The minimum atomic E-state index is -0.633. The number of hydrogen-bond donors (Lipinski definition) is 4. The number of anilines is 1. The van der Waals surface area contributed by atoms with Gasteiger partial charge in [0.15, 0.2) is 0 Å². The van der Waals surface area contributed by atoms with Gasteiger partial charge in [-0.15, -0.1) is 11.3 Å². The molecule has 1 aliphatic rings. The van der Waals surface area contributed by atoms with E-state index in [1.165, 1.54) is 36.3 Å². The lowest BCUT2D eigenvalue weighted by Gasteiger charge is -2.28. The molecule has 4 N–H and O–H groups in total. The lowest BCUT2D eigenvalue weighted by molar-refractivity contribution is -0.123. The van der Waals surface area contributed by atoms with Crippen molar-refractivity contribution in [3.05, 3.63) is 81.8 Å². The van der Waals surface area contributed by atoms with Crippen molar-refractivity contribution in [1.29, 1.82) is 0 Å². The molecule has 3 amide bonds. The lowest BCUT2D eigenvalue weighted by Crippen LogP contribution is -2.50. The van der Waals surface area contributed by atoms with Gasteiger partial charge < -0.3 is 25.6 Å². The van der Waals surface area contributed by atoms with Gasteiger partial charge in [-0.25, -0.2) is 9.29 Å². The zero-order chi connectivity index (χ0) is 33.3. The van der Waals surface area contributed by atoms with Crippen LogP contribution in [0.3, 0.4) is 0 Å². The molecule has 1 aliphatic carbocycles. The van der Waals surface area contributed by atoms with Crippen molar-refractivity contribution in [1.82, 2.24) is 30.6 Å². The first-order valence-corrected chi connectivity index (χ1v) is 17.4. The Balaban J connectivity index is 1.55. The van der Waals surface area contributed by atoms with Gasteiger partial charge in [0, 0.05) is 66.9 Å². The summed E-state index contributed by atoms with van der Waals surface area (Å²) in [4.78, 5) is 44.8. The number of nitrogens with zero attached hydrogens (tertiary/aromatic N) is 3. The molecule has 1 heterocycles. The number of aromatic nitrogens is 1. The SMILES string of the molecule is CC[C@H](NC[C@H](Cc1cscn1)NC(=O)c1cc(C(=O)NC(C)(C)c2ccccc2)cc(N(C)SN(C)C)c1)C(=O)NCC1CC1. The van der Waals surface area contributed by atoms with Gasteiger partial charge in [0.25, 0.3) is 11.8 Å². The number of carbonyl (C=O) groups excluding carboxylic acids is 3. The zero-order valence-electron chi connectivity index (χ0n) is 27.6. The predicted octanol–water partition coefficient (Wildman–Crippen LogP) is 4.60. The second kappa shape index (κ2) is 16.4. The van der Waals surface area contributed by atoms with E-state index in [9.17, 15) is 14.4 Å². The Hall–Kier alpha value is -3.45. The molecular weight excluding hydrogens is 619 g/mol. The van der Waals surface area contributed by atoms with Crippen LogP contribution in [0.5, 0.6) is 0 Å². The van der Waals surface area contributed by atoms with E-state index in [1.807, 2.05) is 86.2 Å². The van der Waals surface area contributed by atoms with E-state index in [2.05, 4.69) is 26.3 Å². The van der Waals surface area contributed by atoms with Crippen molar-refractivity contribution in [3.63, 3.8) is 0 Å². The van der Waals surface area contributed by atoms with E-state index in [-0.39, 0.29) is 29.8 Å². The van der Waals surface area contributed by atoms with Crippen LogP contribution in [0.4, 0.5) is 5.69 Å². The smallest absolute Gasteiger partial charge is 0.252 e. The molecule has 3 aromatic rings. The third-order valence-electron chi connectivity index (χ3n) is 7.88. The summed E-state index contributed by atoms with van der Waals surface area (Å²) in [6.07, 6.45) is 3.47. The normalized spacial score (nSPS) is 14.4. The van der Waals surface area contributed by atoms with Gasteiger partial charge in [0.2, 0.25) is 5.91 Å². The fourth-order valence-corrected chi connectivity index (χ4v) is 6.32. The Morgan fingerprint density at radius 3 is 2.35 bits per heavy atom. The molecule has 0 unspecified atom stereocenters. The van der Waals surface area contributed by atoms with E-state index < -0.39 is 5.54 Å². The number of rotatable bonds is 17. The Bertz CT molecular complexity index is 1450. The molecule has 0 radical (unpaired) electrons. The summed E-state index contributed by atoms with van der Waals surface area (Å²) in [6.45, 7) is 6.98. The largest absolute Gasteiger partial charge is 0.354 e. The summed E-state index contributed by atoms with van der Waals surface area (Å²) >= 11 is 2.95. The molecule has 46 heavy (non-hydrogen) atoms. The average molecular weight is 666 g/mol. The maximum absolute atomic E-state index is 13.9. The summed E-state index contributed by atoms with van der Waals surface area (Å²) in [5.41, 5.74) is 4.43. The molecule has 0 bridgehead atoms. The van der Waals surface area contributed by atoms with E-state index >= 15 is 0 Å². The highest BCUT2D eigenvalue weighted by molar-refractivity contribution is 7.98. The second-order valence-corrected chi connectivity index (χ2v) is 14.7. The third-order valence-corrected chi connectivity index (χ3v) is 9.30. The van der Waals surface area contributed by atoms with Crippen molar-refractivity contribution < 1.29 is 14.4 Å². The number of thiazole rings is 1. The molecule has 12 heteroatoms. The highest BCUT2D eigenvalue weighted by atomic mass is 32.2. The summed E-state index contributed by atoms with van der Waals surface area (Å²) < 4.78 is 3.85. The van der Waals surface area contributed by atoms with Gasteiger partial charge in [0.1, 0.15) is 0 Å². The molecular formula is C34H47N7O3S2. The van der Waals surface area contributed by atoms with Crippen LogP contribution in [-0.2, 0) is 16.8 Å². The van der Waals surface area contributed by atoms with Gasteiger partial charge >= 0.3 is 0 Å². The highest BCUT2D eigenvalue weighted by Gasteiger charge is 2.27. The van der Waals surface area contributed by atoms with Crippen LogP contribution in [0.1, 0.15) is 72.0 Å². The number of hydrogen-bond acceptors (Lipinski definition) is 9. The van der Waals surface area contributed by atoms with Gasteiger partial charge in [-0.05, 0) is 76.9 Å². The molecule has 0 spiro atoms. The van der Waals surface area contributed by atoms with Crippen LogP contribution in [0.15, 0.2) is 59.4 Å². The van der Waals surface area contributed by atoms with E-state index in [0.717, 1.165) is 11.3 Å². The van der Waals surface area contributed by atoms with Gasteiger partial charge in [0.05, 0.1) is 22.8 Å². The first kappa shape index (κ1) is 35.4. The molecule has 1 saturated carbocycles. The minimum absolute atomic E-state index is 0.0173. The molecule has 2 aromatic carbocycles. The summed E-state index contributed by atoms with van der Waals surface area (Å²) in [5.74, 6) is -0.0109. The van der Waals surface area contributed by atoms with Crippen LogP contribution in [0, 0.1) is 5.92 Å². The Kier molecular flexibility index (Phi) is 12.6. The van der Waals surface area contributed by atoms with E-state index in [4.69, 9.17) is 0 Å². The molecule has 0 saturated heterocycles. The number of nitrogens with one attached hydrogen (secondary N) is 4. The Morgan fingerprint density at radius 1 is 1.04 bits per heavy atom. The van der Waals surface area contributed by atoms with E-state index in [0.29, 0.717) is 48.7 Å². The Morgan fingerprint density at radius 2 is 1.74 bits per heavy atom. The zero-order valence-corrected chi connectivity index (χ0v) is 29.3. The van der Waals surface area contributed by atoms with Crippen molar-refractivity contribution in [2.24, 2.45) is 5.92 Å². The molecule has 4 rings (SSSR count). The van der Waals surface area contributed by atoms with Crippen molar-refractivity contribution in [2.75, 3.05) is 38.5 Å². The maximum atomic E-state index is 13.9. The van der Waals surface area contributed by atoms with Gasteiger partial charge in [-0.3, -0.25) is 14.4 Å². The quantitative estimate of drug-likeness (QED) is 0.155. The van der Waals surface area contributed by atoms with Gasteiger partial charge in [-0.1, -0.05) is 37.3 Å². The molecule has 2 atom stereocenters. The standard InChI is InChI=1S/C34H47N7O3S2/c1-7-30(33(44)36-19-23-13-14-23)35-20-27(18-28-21-45-22-37-28)38-31(42)24-15-25(17-29(16-24)41(6)46-40(4)5)32(43)39-34(2,3)26-11-9-8-10-12-26/h8-12,15-17,21-23,27,30,35H,7,13-14,18-20H2,1-6H3,(H,36,44)(H,38,42)(H,39,43)/t27-,30-/m0/s1. The summed E-state index contributed by atoms with van der Waals surface area (Å²) in [5, 5.41) is 14.7. The maximum Gasteiger partial charge on any atom is 0.252 e.